The lowest BCUT2D eigenvalue weighted by atomic mass is 9.94. The summed E-state index contributed by atoms with van der Waals surface area (Å²) < 4.78 is 17.4. The van der Waals surface area contributed by atoms with Gasteiger partial charge in [-0.3, -0.25) is 0 Å². The highest BCUT2D eigenvalue weighted by molar-refractivity contribution is 5.94. The summed E-state index contributed by atoms with van der Waals surface area (Å²) in [5.74, 6) is 3.49. The van der Waals surface area contributed by atoms with Crippen molar-refractivity contribution in [3.8, 4) is 39.6 Å². The summed E-state index contributed by atoms with van der Waals surface area (Å²) in [7, 11) is 3.34. The van der Waals surface area contributed by atoms with Crippen molar-refractivity contribution in [2.24, 2.45) is 5.92 Å². The van der Waals surface area contributed by atoms with Gasteiger partial charge in [-0.15, -0.1) is 0 Å². The Bertz CT molecular complexity index is 1400. The van der Waals surface area contributed by atoms with Gasteiger partial charge in [0.05, 0.1) is 19.9 Å². The van der Waals surface area contributed by atoms with Crippen LogP contribution in [0.4, 0.5) is 0 Å². The second-order valence-corrected chi connectivity index (χ2v) is 11.4. The molecule has 1 fully saturated rings. The zero-order valence-electron chi connectivity index (χ0n) is 24.2. The van der Waals surface area contributed by atoms with E-state index >= 15 is 0 Å². The van der Waals surface area contributed by atoms with Gasteiger partial charge < -0.3 is 24.1 Å². The third-order valence-corrected chi connectivity index (χ3v) is 7.74. The van der Waals surface area contributed by atoms with Crippen molar-refractivity contribution in [2.75, 3.05) is 33.9 Å². The third-order valence-electron chi connectivity index (χ3n) is 7.74. The van der Waals surface area contributed by atoms with E-state index in [4.69, 9.17) is 14.2 Å². The molecule has 39 heavy (non-hydrogen) atoms. The second-order valence-electron chi connectivity index (χ2n) is 11.4. The van der Waals surface area contributed by atoms with E-state index in [1.54, 1.807) is 14.2 Å². The molecule has 4 aromatic rings. The first-order valence-corrected chi connectivity index (χ1v) is 14.2. The Hall–Kier alpha value is -3.44. The number of ether oxygens (including phenoxy) is 3. The highest BCUT2D eigenvalue weighted by Gasteiger charge is 2.21. The van der Waals surface area contributed by atoms with Gasteiger partial charge in [0.15, 0.2) is 11.5 Å². The summed E-state index contributed by atoms with van der Waals surface area (Å²) in [4.78, 5) is 6.24. The molecular weight excluding hydrogens is 484 g/mol. The largest absolute Gasteiger partial charge is 0.493 e. The highest BCUT2D eigenvalue weighted by Crippen LogP contribution is 2.40. The van der Waals surface area contributed by atoms with Gasteiger partial charge in [0.1, 0.15) is 11.9 Å². The molecule has 0 spiro atoms. The van der Waals surface area contributed by atoms with E-state index in [-0.39, 0.29) is 0 Å². The number of hydrogen-bond donors (Lipinski definition) is 1. The van der Waals surface area contributed by atoms with Gasteiger partial charge in [-0.05, 0) is 83.8 Å². The standard InChI is InChI=1S/C34H42N2O3/c1-22(2)21-36-17-15-28(16-18-36)39-27-11-7-24(8-12-27)25-9-13-30-29(19-25)33(23(3)4)34(35-30)26-10-14-31(37-5)32(20-26)38-6/h7-14,19-20,22-23,28,35H,15-18,21H2,1-6H3. The first-order chi connectivity index (χ1) is 18.9. The molecule has 0 amide bonds. The molecule has 2 heterocycles. The molecule has 3 aromatic carbocycles. The summed E-state index contributed by atoms with van der Waals surface area (Å²) in [6.45, 7) is 12.5. The fraction of sp³-hybridized carbons (Fsp3) is 0.412. The molecule has 5 rings (SSSR count). The lowest BCUT2D eigenvalue weighted by Crippen LogP contribution is -2.39. The van der Waals surface area contributed by atoms with E-state index in [0.29, 0.717) is 12.0 Å². The van der Waals surface area contributed by atoms with Gasteiger partial charge >= 0.3 is 0 Å². The highest BCUT2D eigenvalue weighted by atomic mass is 16.5. The SMILES string of the molecule is COc1ccc(-c2[nH]c3ccc(-c4ccc(OC5CCN(CC(C)C)CC5)cc4)cc3c2C(C)C)cc1OC. The molecule has 206 valence electrons. The van der Waals surface area contributed by atoms with Crippen molar-refractivity contribution < 1.29 is 14.2 Å². The van der Waals surface area contributed by atoms with Crippen LogP contribution >= 0.6 is 0 Å². The van der Waals surface area contributed by atoms with Crippen LogP contribution in [0.15, 0.2) is 60.7 Å². The van der Waals surface area contributed by atoms with E-state index in [1.807, 2.05) is 12.1 Å². The predicted octanol–water partition coefficient (Wildman–Crippen LogP) is 8.14. The lowest BCUT2D eigenvalue weighted by Gasteiger charge is -2.33. The minimum atomic E-state index is 0.305. The van der Waals surface area contributed by atoms with E-state index in [0.717, 1.165) is 65.9 Å². The van der Waals surface area contributed by atoms with Crippen molar-refractivity contribution in [1.29, 1.82) is 0 Å². The van der Waals surface area contributed by atoms with Crippen molar-refractivity contribution in [3.63, 3.8) is 0 Å². The number of nitrogens with one attached hydrogen (secondary N) is 1. The van der Waals surface area contributed by atoms with Crippen LogP contribution in [0, 0.1) is 5.92 Å². The van der Waals surface area contributed by atoms with Crippen LogP contribution in [0.1, 0.15) is 52.0 Å². The summed E-state index contributed by atoms with van der Waals surface area (Å²) in [5, 5.41) is 1.25. The molecule has 1 aromatic heterocycles. The van der Waals surface area contributed by atoms with Gasteiger partial charge in [0.2, 0.25) is 0 Å². The Kier molecular flexibility index (Phi) is 8.18. The van der Waals surface area contributed by atoms with Gasteiger partial charge in [0, 0.05) is 36.1 Å². The minimum Gasteiger partial charge on any atom is -0.493 e. The average molecular weight is 527 g/mol. The van der Waals surface area contributed by atoms with E-state index in [2.05, 4.69) is 86.1 Å². The number of aromatic amines is 1. The maximum absolute atomic E-state index is 6.36. The number of rotatable bonds is 9. The number of likely N-dealkylation sites (tertiary alicyclic amines) is 1. The molecule has 1 aliphatic heterocycles. The zero-order valence-corrected chi connectivity index (χ0v) is 24.2. The summed E-state index contributed by atoms with van der Waals surface area (Å²) in [6.07, 6.45) is 2.50. The third kappa shape index (κ3) is 5.94. The van der Waals surface area contributed by atoms with E-state index in [1.165, 1.54) is 28.6 Å². The second kappa shape index (κ2) is 11.7. The molecule has 5 nitrogen and oxygen atoms in total. The Morgan fingerprint density at radius 3 is 2.10 bits per heavy atom. The molecule has 5 heteroatoms. The zero-order chi connectivity index (χ0) is 27.5. The maximum Gasteiger partial charge on any atom is 0.161 e. The number of benzene rings is 3. The first-order valence-electron chi connectivity index (χ1n) is 14.2. The van der Waals surface area contributed by atoms with Gasteiger partial charge in [-0.2, -0.15) is 0 Å². The first kappa shape index (κ1) is 27.1. The number of H-pyrrole nitrogens is 1. The molecule has 0 radical (unpaired) electrons. The van der Waals surface area contributed by atoms with Crippen LogP contribution in [0.25, 0.3) is 33.3 Å². The molecular formula is C34H42N2O3. The summed E-state index contributed by atoms with van der Waals surface area (Å²) >= 11 is 0. The summed E-state index contributed by atoms with van der Waals surface area (Å²) in [5.41, 5.74) is 7.06. The number of methoxy groups -OCH3 is 2. The quantitative estimate of drug-likeness (QED) is 0.239. The Labute approximate surface area is 233 Å². The van der Waals surface area contributed by atoms with Gasteiger partial charge in [-0.1, -0.05) is 45.9 Å². The maximum atomic E-state index is 6.36. The molecule has 1 aliphatic rings. The average Bonchev–Trinajstić information content (AvgIpc) is 3.33. The molecule has 0 unspecified atom stereocenters. The van der Waals surface area contributed by atoms with Crippen LogP contribution in [0.3, 0.4) is 0 Å². The smallest absolute Gasteiger partial charge is 0.161 e. The fourth-order valence-corrected chi connectivity index (χ4v) is 5.86. The number of nitrogens with zero attached hydrogens (tertiary/aromatic N) is 1. The van der Waals surface area contributed by atoms with Crippen molar-refractivity contribution in [2.45, 2.75) is 52.6 Å². The Morgan fingerprint density at radius 2 is 1.46 bits per heavy atom. The number of hydrogen-bond acceptors (Lipinski definition) is 4. The minimum absolute atomic E-state index is 0.305. The topological polar surface area (TPSA) is 46.7 Å². The number of fused-ring (bicyclic) bond motifs is 1. The molecule has 1 N–H and O–H groups in total. The van der Waals surface area contributed by atoms with Gasteiger partial charge in [-0.25, -0.2) is 0 Å². The molecule has 0 bridgehead atoms. The van der Waals surface area contributed by atoms with Crippen LogP contribution in [-0.4, -0.2) is 49.8 Å². The van der Waals surface area contributed by atoms with E-state index in [9.17, 15) is 0 Å². The fourth-order valence-electron chi connectivity index (χ4n) is 5.86. The van der Waals surface area contributed by atoms with Crippen LogP contribution in [0.2, 0.25) is 0 Å². The molecule has 0 saturated carbocycles. The normalized spacial score (nSPS) is 14.9. The van der Waals surface area contributed by atoms with Crippen molar-refractivity contribution >= 4 is 10.9 Å². The Morgan fingerprint density at radius 1 is 0.795 bits per heavy atom. The van der Waals surface area contributed by atoms with Crippen LogP contribution < -0.4 is 14.2 Å². The molecule has 0 aliphatic carbocycles. The Balaban J connectivity index is 1.37. The predicted molar refractivity (Wildman–Crippen MR) is 161 cm³/mol. The monoisotopic (exact) mass is 526 g/mol. The number of aromatic nitrogens is 1. The van der Waals surface area contributed by atoms with Gasteiger partial charge in [0.25, 0.3) is 0 Å². The van der Waals surface area contributed by atoms with Crippen molar-refractivity contribution in [1.82, 2.24) is 9.88 Å². The van der Waals surface area contributed by atoms with E-state index < -0.39 is 0 Å². The van der Waals surface area contributed by atoms with Crippen LogP contribution in [-0.2, 0) is 0 Å². The molecule has 1 saturated heterocycles. The number of piperidine rings is 1. The lowest BCUT2D eigenvalue weighted by molar-refractivity contribution is 0.0941. The van der Waals surface area contributed by atoms with Crippen LogP contribution in [0.5, 0.6) is 17.2 Å². The summed E-state index contributed by atoms with van der Waals surface area (Å²) in [6, 6.07) is 21.4. The van der Waals surface area contributed by atoms with Crippen molar-refractivity contribution in [3.05, 3.63) is 66.2 Å². The molecule has 0 atom stereocenters.